The summed E-state index contributed by atoms with van der Waals surface area (Å²) in [6.45, 7) is 7.75. The third-order valence-electron chi connectivity index (χ3n) is 2.26. The minimum absolute atomic E-state index is 0.173. The Labute approximate surface area is 97.1 Å². The summed E-state index contributed by atoms with van der Waals surface area (Å²) in [6.07, 6.45) is 2.79. The lowest BCUT2D eigenvalue weighted by Gasteiger charge is -2.37. The van der Waals surface area contributed by atoms with Crippen LogP contribution in [0.1, 0.15) is 34.1 Å². The first-order chi connectivity index (χ1) is 7.39. The summed E-state index contributed by atoms with van der Waals surface area (Å²) in [5, 5.41) is 0. The lowest BCUT2D eigenvalue weighted by atomic mass is 9.82. The molecule has 1 rings (SSSR count). The molecule has 0 spiro atoms. The third kappa shape index (κ3) is 4.81. The largest absolute Gasteiger partial charge is 0.486 e. The molecule has 1 atom stereocenters. The zero-order valence-electron chi connectivity index (χ0n) is 10.4. The quantitative estimate of drug-likeness (QED) is 0.543. The molecule has 0 aromatic heterocycles. The average Bonchev–Trinajstić information content (AvgIpc) is 2.08. The van der Waals surface area contributed by atoms with Crippen LogP contribution in [0.15, 0.2) is 12.1 Å². The molecule has 1 fully saturated rings. The van der Waals surface area contributed by atoms with Gasteiger partial charge in [-0.2, -0.15) is 0 Å². The molecule has 0 radical (unpaired) electrons. The summed E-state index contributed by atoms with van der Waals surface area (Å²) in [5.74, 6) is 1.49. The van der Waals surface area contributed by atoms with Gasteiger partial charge in [-0.05, 0) is 27.2 Å². The molecule has 5 heteroatoms. The molecule has 0 aromatic carbocycles. The summed E-state index contributed by atoms with van der Waals surface area (Å²) in [7, 11) is -0.352. The van der Waals surface area contributed by atoms with Crippen LogP contribution >= 0.6 is 0 Å². The number of carbonyl (C=O) groups is 1. The monoisotopic (exact) mass is 226 g/mol. The smallest absolute Gasteiger partial charge is 0.462 e. The van der Waals surface area contributed by atoms with E-state index < -0.39 is 0 Å². The minimum Gasteiger partial charge on any atom is -0.462 e. The van der Waals surface area contributed by atoms with Crippen LogP contribution in [-0.2, 0) is 18.8 Å². The van der Waals surface area contributed by atoms with E-state index in [4.69, 9.17) is 14.0 Å². The van der Waals surface area contributed by atoms with E-state index in [1.165, 1.54) is 6.92 Å². The van der Waals surface area contributed by atoms with Crippen molar-refractivity contribution >= 4 is 13.1 Å². The van der Waals surface area contributed by atoms with Crippen molar-refractivity contribution in [3.63, 3.8) is 0 Å². The number of hydrogen-bond acceptors (Lipinski definition) is 4. The van der Waals surface area contributed by atoms with Crippen LogP contribution < -0.4 is 0 Å². The van der Waals surface area contributed by atoms with Crippen LogP contribution in [0.4, 0.5) is 0 Å². The van der Waals surface area contributed by atoms with Gasteiger partial charge in [0, 0.05) is 13.0 Å². The summed E-state index contributed by atoms with van der Waals surface area (Å²) >= 11 is 0. The Morgan fingerprint density at radius 3 is 2.88 bits per heavy atom. The molecule has 1 aliphatic heterocycles. The van der Waals surface area contributed by atoms with E-state index in [1.807, 2.05) is 20.8 Å². The Morgan fingerprint density at radius 2 is 2.31 bits per heavy atom. The molecule has 4 nitrogen and oxygen atoms in total. The van der Waals surface area contributed by atoms with E-state index in [2.05, 4.69) is 0 Å². The standard InChI is InChI=1S/C11H19BO4/c1-9-8-11(3,4)16-12(15-9)6-5-7-14-10(2)13/h5-6,9H,7-8H2,1-4H3/b6-5+. The number of carbonyl (C=O) groups excluding carboxylic acids is 1. The topological polar surface area (TPSA) is 44.8 Å². The van der Waals surface area contributed by atoms with E-state index in [0.717, 1.165) is 6.42 Å². The maximum atomic E-state index is 10.5. The van der Waals surface area contributed by atoms with Crippen LogP contribution in [0.3, 0.4) is 0 Å². The number of rotatable bonds is 3. The van der Waals surface area contributed by atoms with Gasteiger partial charge >= 0.3 is 13.1 Å². The third-order valence-corrected chi connectivity index (χ3v) is 2.26. The second kappa shape index (κ2) is 5.50. The SMILES string of the molecule is CC(=O)OC/C=C/B1OC(C)CC(C)(C)O1. The molecular weight excluding hydrogens is 207 g/mol. The van der Waals surface area contributed by atoms with Gasteiger partial charge in [-0.15, -0.1) is 0 Å². The lowest BCUT2D eigenvalue weighted by Crippen LogP contribution is -2.45. The van der Waals surface area contributed by atoms with Gasteiger partial charge in [0.05, 0.1) is 5.60 Å². The van der Waals surface area contributed by atoms with Gasteiger partial charge in [0.15, 0.2) is 0 Å². The molecule has 16 heavy (non-hydrogen) atoms. The van der Waals surface area contributed by atoms with E-state index in [9.17, 15) is 4.79 Å². The van der Waals surface area contributed by atoms with Gasteiger partial charge in [-0.3, -0.25) is 4.79 Å². The van der Waals surface area contributed by atoms with Gasteiger partial charge in [-0.1, -0.05) is 12.1 Å². The van der Waals surface area contributed by atoms with Gasteiger partial charge in [0.25, 0.3) is 0 Å². The normalized spacial score (nSPS) is 24.8. The predicted octanol–water partition coefficient (Wildman–Crippen LogP) is 1.74. The van der Waals surface area contributed by atoms with Crippen LogP contribution in [0.2, 0.25) is 0 Å². The number of hydrogen-bond donors (Lipinski definition) is 0. The molecule has 0 amide bonds. The van der Waals surface area contributed by atoms with E-state index in [-0.39, 0.29) is 31.4 Å². The van der Waals surface area contributed by atoms with E-state index in [0.29, 0.717) is 0 Å². The molecule has 0 saturated carbocycles. The summed E-state index contributed by atoms with van der Waals surface area (Å²) < 4.78 is 16.1. The lowest BCUT2D eigenvalue weighted by molar-refractivity contribution is -0.139. The number of esters is 1. The molecule has 0 bridgehead atoms. The first kappa shape index (κ1) is 13.3. The van der Waals surface area contributed by atoms with Crippen molar-refractivity contribution in [2.45, 2.75) is 45.8 Å². The maximum absolute atomic E-state index is 10.5. The van der Waals surface area contributed by atoms with Crippen molar-refractivity contribution in [3.05, 3.63) is 12.1 Å². The van der Waals surface area contributed by atoms with Crippen molar-refractivity contribution in [1.82, 2.24) is 0 Å². The maximum Gasteiger partial charge on any atom is 0.486 e. The van der Waals surface area contributed by atoms with Crippen LogP contribution in [-0.4, -0.2) is 31.4 Å². The molecule has 1 unspecified atom stereocenters. The Balaban J connectivity index is 2.39. The van der Waals surface area contributed by atoms with Gasteiger partial charge in [0.1, 0.15) is 6.61 Å². The van der Waals surface area contributed by atoms with Crippen molar-refractivity contribution in [3.8, 4) is 0 Å². The van der Waals surface area contributed by atoms with Crippen molar-refractivity contribution in [1.29, 1.82) is 0 Å². The highest BCUT2D eigenvalue weighted by Crippen LogP contribution is 2.25. The second-order valence-corrected chi connectivity index (χ2v) is 4.63. The molecule has 0 N–H and O–H groups in total. The van der Waals surface area contributed by atoms with E-state index in [1.54, 1.807) is 12.1 Å². The van der Waals surface area contributed by atoms with Crippen LogP contribution in [0.25, 0.3) is 0 Å². The van der Waals surface area contributed by atoms with E-state index >= 15 is 0 Å². The number of ether oxygens (including phenoxy) is 1. The van der Waals surface area contributed by atoms with Gasteiger partial charge < -0.3 is 14.0 Å². The summed E-state index contributed by atoms with van der Waals surface area (Å²) in [4.78, 5) is 10.5. The Morgan fingerprint density at radius 1 is 1.62 bits per heavy atom. The van der Waals surface area contributed by atoms with Gasteiger partial charge in [0.2, 0.25) is 0 Å². The fourth-order valence-electron chi connectivity index (χ4n) is 1.78. The second-order valence-electron chi connectivity index (χ2n) is 4.63. The molecule has 1 aliphatic rings. The molecule has 1 saturated heterocycles. The zero-order valence-corrected chi connectivity index (χ0v) is 10.4. The predicted molar refractivity (Wildman–Crippen MR) is 61.9 cm³/mol. The fraction of sp³-hybridized carbons (Fsp3) is 0.727. The first-order valence-electron chi connectivity index (χ1n) is 5.52. The Bertz CT molecular complexity index is 275. The molecule has 90 valence electrons. The highest BCUT2D eigenvalue weighted by atomic mass is 16.6. The minimum atomic E-state index is -0.352. The zero-order chi connectivity index (χ0) is 12.2. The van der Waals surface area contributed by atoms with Gasteiger partial charge in [-0.25, -0.2) is 0 Å². The Hall–Kier alpha value is -0.805. The molecule has 1 heterocycles. The Kier molecular flexibility index (Phi) is 4.56. The van der Waals surface area contributed by atoms with Crippen molar-refractivity contribution < 1.29 is 18.8 Å². The van der Waals surface area contributed by atoms with Crippen molar-refractivity contribution in [2.75, 3.05) is 6.61 Å². The summed E-state index contributed by atoms with van der Waals surface area (Å²) in [5.41, 5.74) is -0.173. The highest BCUT2D eigenvalue weighted by molar-refractivity contribution is 6.51. The highest BCUT2D eigenvalue weighted by Gasteiger charge is 2.35. The van der Waals surface area contributed by atoms with Crippen molar-refractivity contribution in [2.24, 2.45) is 0 Å². The van der Waals surface area contributed by atoms with Crippen LogP contribution in [0.5, 0.6) is 0 Å². The average molecular weight is 226 g/mol. The fourth-order valence-corrected chi connectivity index (χ4v) is 1.78. The first-order valence-corrected chi connectivity index (χ1v) is 5.52. The molecule has 0 aromatic rings. The van der Waals surface area contributed by atoms with Crippen LogP contribution in [0, 0.1) is 0 Å². The summed E-state index contributed by atoms with van der Waals surface area (Å²) in [6, 6.07) is 0. The molecule has 0 aliphatic carbocycles. The molecular formula is C11H19BO4.